The fraction of sp³-hybridized carbons (Fsp3) is 0.323. The topological polar surface area (TPSA) is 40.5 Å². The average molecular weight is 540 g/mol. The normalized spacial score (nSPS) is 16.2. The summed E-state index contributed by atoms with van der Waals surface area (Å²) in [5, 5.41) is 9.97. The molecule has 0 atom stereocenters. The summed E-state index contributed by atoms with van der Waals surface area (Å²) in [4.78, 5) is 13.9. The predicted molar refractivity (Wildman–Crippen MR) is 144 cm³/mol. The van der Waals surface area contributed by atoms with Crippen LogP contribution in [0.15, 0.2) is 54.6 Å². The number of carboxylic acids is 1. The number of nitrogens with zero attached hydrogens (tertiary/aromatic N) is 1. The maximum absolute atomic E-state index is 15.4. The van der Waals surface area contributed by atoms with Crippen molar-refractivity contribution in [2.45, 2.75) is 32.1 Å². The second kappa shape index (κ2) is 11.3. The Kier molecular flexibility index (Phi) is 7.91. The first kappa shape index (κ1) is 26.5. The third-order valence-electron chi connectivity index (χ3n) is 7.56. The number of fused-ring (bicyclic) bond motifs is 1. The van der Waals surface area contributed by atoms with E-state index in [1.165, 1.54) is 0 Å². The van der Waals surface area contributed by atoms with Gasteiger partial charge < -0.3 is 10.0 Å². The van der Waals surface area contributed by atoms with Crippen molar-refractivity contribution in [3.05, 3.63) is 105 Å². The number of alkyl halides is 1. The Morgan fingerprint density at radius 2 is 1.76 bits per heavy atom. The van der Waals surface area contributed by atoms with Gasteiger partial charge in [0.25, 0.3) is 0 Å². The van der Waals surface area contributed by atoms with Gasteiger partial charge in [-0.15, -0.1) is 0 Å². The van der Waals surface area contributed by atoms with E-state index < -0.39 is 23.2 Å². The molecule has 0 radical (unpaired) electrons. The van der Waals surface area contributed by atoms with Crippen LogP contribution >= 0.6 is 11.6 Å². The average Bonchev–Trinajstić information content (AvgIpc) is 3.05. The van der Waals surface area contributed by atoms with Gasteiger partial charge in [-0.1, -0.05) is 54.1 Å². The molecule has 0 saturated carbocycles. The Bertz CT molecular complexity index is 1380. The third kappa shape index (κ3) is 5.25. The number of hydrogen-bond acceptors (Lipinski definition) is 2. The molecule has 3 aromatic carbocycles. The number of hydrogen-bond donors (Lipinski definition) is 1. The van der Waals surface area contributed by atoms with Crippen LogP contribution < -0.4 is 0 Å². The van der Waals surface area contributed by atoms with E-state index in [0.717, 1.165) is 54.4 Å². The minimum atomic E-state index is -1.62. The summed E-state index contributed by atoms with van der Waals surface area (Å²) in [5.41, 5.74) is 3.98. The molecule has 38 heavy (non-hydrogen) atoms. The largest absolute Gasteiger partial charge is 0.477 e. The van der Waals surface area contributed by atoms with E-state index in [0.29, 0.717) is 41.3 Å². The molecule has 3 nitrogen and oxygen atoms in total. The van der Waals surface area contributed by atoms with Crippen molar-refractivity contribution in [3.8, 4) is 0 Å². The highest BCUT2D eigenvalue weighted by molar-refractivity contribution is 6.32. The van der Waals surface area contributed by atoms with Gasteiger partial charge in [-0.25, -0.2) is 13.6 Å². The first-order chi connectivity index (χ1) is 18.4. The molecular formula is C31H29ClF3NO2. The maximum Gasteiger partial charge on any atom is 0.341 e. The molecule has 0 bridgehead atoms. The van der Waals surface area contributed by atoms with Gasteiger partial charge in [0.1, 0.15) is 17.2 Å². The van der Waals surface area contributed by atoms with Crippen LogP contribution in [0.2, 0.25) is 5.02 Å². The molecule has 1 heterocycles. The van der Waals surface area contributed by atoms with Crippen molar-refractivity contribution >= 4 is 28.7 Å². The molecule has 0 unspecified atom stereocenters. The lowest BCUT2D eigenvalue weighted by Crippen LogP contribution is -2.47. The molecule has 1 aliphatic heterocycles. The van der Waals surface area contributed by atoms with Gasteiger partial charge in [0.05, 0.1) is 6.67 Å². The van der Waals surface area contributed by atoms with E-state index in [4.69, 9.17) is 11.6 Å². The predicted octanol–water partition coefficient (Wildman–Crippen LogP) is 7.45. The third-order valence-corrected chi connectivity index (χ3v) is 7.89. The van der Waals surface area contributed by atoms with Crippen LogP contribution in [0.5, 0.6) is 0 Å². The molecule has 2 aliphatic rings. The second-order valence-corrected chi connectivity index (χ2v) is 10.5. The Labute approximate surface area is 225 Å². The number of likely N-dealkylation sites (tertiary alicyclic amines) is 1. The number of carboxylic acid groups (broad SMARTS) is 1. The van der Waals surface area contributed by atoms with Crippen LogP contribution in [0.25, 0.3) is 11.1 Å². The molecule has 0 aromatic heterocycles. The quantitative estimate of drug-likeness (QED) is 0.323. The zero-order chi connectivity index (χ0) is 26.8. The second-order valence-electron chi connectivity index (χ2n) is 10.1. The number of benzene rings is 3. The van der Waals surface area contributed by atoms with Gasteiger partial charge in [0.15, 0.2) is 0 Å². The number of aromatic carboxylic acids is 1. The fourth-order valence-electron chi connectivity index (χ4n) is 5.77. The zero-order valence-electron chi connectivity index (χ0n) is 21.0. The Balaban J connectivity index is 1.56. The van der Waals surface area contributed by atoms with E-state index >= 15 is 4.39 Å². The number of rotatable bonds is 8. The Hall–Kier alpha value is -3.09. The van der Waals surface area contributed by atoms with Gasteiger partial charge in [-0.3, -0.25) is 4.39 Å². The monoisotopic (exact) mass is 539 g/mol. The van der Waals surface area contributed by atoms with Crippen molar-refractivity contribution in [1.82, 2.24) is 4.90 Å². The van der Waals surface area contributed by atoms with Crippen molar-refractivity contribution in [2.24, 2.45) is 5.92 Å². The molecule has 0 amide bonds. The highest BCUT2D eigenvalue weighted by atomic mass is 35.5. The van der Waals surface area contributed by atoms with Crippen molar-refractivity contribution in [2.75, 3.05) is 26.3 Å². The minimum absolute atomic E-state index is 0.216. The van der Waals surface area contributed by atoms with Crippen LogP contribution in [0.3, 0.4) is 0 Å². The molecule has 1 N–H and O–H groups in total. The Morgan fingerprint density at radius 1 is 1.03 bits per heavy atom. The summed E-state index contributed by atoms with van der Waals surface area (Å²) in [6.07, 6.45) is 2.91. The summed E-state index contributed by atoms with van der Waals surface area (Å²) < 4.78 is 42.8. The molecule has 1 aliphatic carbocycles. The van der Waals surface area contributed by atoms with E-state index in [1.54, 1.807) is 6.07 Å². The van der Waals surface area contributed by atoms with Gasteiger partial charge in [0, 0.05) is 24.7 Å². The first-order valence-corrected chi connectivity index (χ1v) is 13.4. The summed E-state index contributed by atoms with van der Waals surface area (Å²) in [6, 6.07) is 16.6. The molecular weight excluding hydrogens is 511 g/mol. The number of allylic oxidation sites excluding steroid dienone is 1. The smallest absolute Gasteiger partial charge is 0.341 e. The summed E-state index contributed by atoms with van der Waals surface area (Å²) >= 11 is 6.58. The molecule has 0 spiro atoms. The fourth-order valence-corrected chi connectivity index (χ4v) is 6.02. The van der Waals surface area contributed by atoms with E-state index in [-0.39, 0.29) is 18.7 Å². The molecule has 3 aromatic rings. The van der Waals surface area contributed by atoms with Crippen molar-refractivity contribution in [1.29, 1.82) is 0 Å². The van der Waals surface area contributed by atoms with Gasteiger partial charge in [0.2, 0.25) is 0 Å². The molecule has 1 fully saturated rings. The number of halogens is 4. The first-order valence-electron chi connectivity index (χ1n) is 13.0. The van der Waals surface area contributed by atoms with E-state index in [2.05, 4.69) is 4.90 Å². The highest BCUT2D eigenvalue weighted by Crippen LogP contribution is 2.43. The standard InChI is InChI=1S/C31H29ClF3NO2/c32-26-8-2-1-5-22(26)23-6-3-7-24-25(16-27(34)29(30(24)35)31(37)38)28(23)21-11-9-19(10-12-21)15-20-17-36(18-20)14-4-13-33/h1-2,5,8-12,16,20H,3-4,6-7,13-15,17-18H2,(H,37,38). The van der Waals surface area contributed by atoms with Crippen molar-refractivity contribution < 1.29 is 23.1 Å². The van der Waals surface area contributed by atoms with Gasteiger partial charge >= 0.3 is 5.97 Å². The van der Waals surface area contributed by atoms with Gasteiger partial charge in [-0.2, -0.15) is 0 Å². The van der Waals surface area contributed by atoms with Crippen molar-refractivity contribution in [3.63, 3.8) is 0 Å². The van der Waals surface area contributed by atoms with Crippen LogP contribution in [0.4, 0.5) is 13.2 Å². The summed E-state index contributed by atoms with van der Waals surface area (Å²) in [6.45, 7) is 2.42. The minimum Gasteiger partial charge on any atom is -0.477 e. The zero-order valence-corrected chi connectivity index (χ0v) is 21.7. The lowest BCUT2D eigenvalue weighted by atomic mass is 9.85. The molecule has 198 valence electrons. The maximum atomic E-state index is 15.4. The van der Waals surface area contributed by atoms with E-state index in [9.17, 15) is 18.7 Å². The summed E-state index contributed by atoms with van der Waals surface area (Å²) in [7, 11) is 0. The van der Waals surface area contributed by atoms with Crippen LogP contribution in [0.1, 0.15) is 57.4 Å². The number of carbonyl (C=O) groups is 1. The van der Waals surface area contributed by atoms with Crippen LogP contribution in [-0.2, 0) is 12.8 Å². The lowest BCUT2D eigenvalue weighted by Gasteiger charge is -2.39. The summed E-state index contributed by atoms with van der Waals surface area (Å²) in [5.74, 6) is -3.20. The SMILES string of the molecule is O=C(O)c1c(F)cc2c(c1F)CCCC(c1ccccc1Cl)=C2c1ccc(CC2CN(CCCF)C2)cc1. The lowest BCUT2D eigenvalue weighted by molar-refractivity contribution is 0.0686. The van der Waals surface area contributed by atoms with Crippen LogP contribution in [0, 0.1) is 17.6 Å². The molecule has 5 rings (SSSR count). The van der Waals surface area contributed by atoms with E-state index in [1.807, 2.05) is 42.5 Å². The molecule has 7 heteroatoms. The highest BCUT2D eigenvalue weighted by Gasteiger charge is 2.29. The van der Waals surface area contributed by atoms with Gasteiger partial charge in [-0.05, 0) is 89.1 Å². The molecule has 1 saturated heterocycles. The van der Waals surface area contributed by atoms with Crippen LogP contribution in [-0.4, -0.2) is 42.3 Å². The Morgan fingerprint density at radius 3 is 2.45 bits per heavy atom.